The lowest BCUT2D eigenvalue weighted by atomic mass is 9.57. The summed E-state index contributed by atoms with van der Waals surface area (Å²) < 4.78 is 18.3. The highest BCUT2D eigenvalue weighted by Gasteiger charge is 2.78. The normalized spacial score (nSPS) is 37.9. The average Bonchev–Trinajstić information content (AvgIpc) is 3.62. The first-order valence-corrected chi connectivity index (χ1v) is 14.6. The molecule has 8 nitrogen and oxygen atoms in total. The fourth-order valence-electron chi connectivity index (χ4n) is 8.86. The summed E-state index contributed by atoms with van der Waals surface area (Å²) in [7, 11) is 0. The highest BCUT2D eigenvalue weighted by atomic mass is 16.6. The van der Waals surface area contributed by atoms with E-state index < -0.39 is 71.0 Å². The van der Waals surface area contributed by atoms with Gasteiger partial charge in [0.05, 0.1) is 19.3 Å². The Labute approximate surface area is 241 Å². The Kier molecular flexibility index (Phi) is 5.49. The summed E-state index contributed by atoms with van der Waals surface area (Å²) in [5.41, 5.74) is 0.271. The Bertz CT molecular complexity index is 1610. The van der Waals surface area contributed by atoms with E-state index in [9.17, 15) is 24.0 Å². The molecule has 0 unspecified atom stereocenters. The molecule has 8 heteroatoms. The molecule has 4 fully saturated rings. The van der Waals surface area contributed by atoms with Gasteiger partial charge in [-0.1, -0.05) is 66.7 Å². The lowest BCUT2D eigenvalue weighted by Crippen LogP contribution is -2.54. The second-order valence-corrected chi connectivity index (χ2v) is 12.3. The molecule has 8 rings (SSSR count). The molecule has 42 heavy (non-hydrogen) atoms. The molecule has 6 aliphatic rings. The maximum atomic E-state index is 14.6. The van der Waals surface area contributed by atoms with Crippen molar-refractivity contribution in [2.75, 3.05) is 0 Å². The van der Waals surface area contributed by atoms with Gasteiger partial charge >= 0.3 is 11.9 Å². The second-order valence-electron chi connectivity index (χ2n) is 12.3. The molecule has 3 aliphatic carbocycles. The molecule has 212 valence electrons. The summed E-state index contributed by atoms with van der Waals surface area (Å²) in [6.07, 6.45) is 1.42. The van der Waals surface area contributed by atoms with E-state index in [1.807, 2.05) is 60.7 Å². The molecule has 2 aromatic carbocycles. The Morgan fingerprint density at radius 1 is 0.810 bits per heavy atom. The van der Waals surface area contributed by atoms with Crippen molar-refractivity contribution in [3.05, 3.63) is 89.2 Å². The van der Waals surface area contributed by atoms with Crippen molar-refractivity contribution in [2.45, 2.75) is 44.0 Å². The van der Waals surface area contributed by atoms with Gasteiger partial charge in [-0.15, -0.1) is 0 Å². The van der Waals surface area contributed by atoms with Gasteiger partial charge in [0.2, 0.25) is 0 Å². The van der Waals surface area contributed by atoms with Crippen LogP contribution < -0.4 is 0 Å². The van der Waals surface area contributed by atoms with Gasteiger partial charge in [-0.25, -0.2) is 0 Å². The second kappa shape index (κ2) is 9.08. The Morgan fingerprint density at radius 2 is 1.52 bits per heavy atom. The van der Waals surface area contributed by atoms with Crippen LogP contribution in [0.2, 0.25) is 0 Å². The molecule has 2 saturated carbocycles. The van der Waals surface area contributed by atoms with Crippen molar-refractivity contribution in [1.29, 1.82) is 0 Å². The smallest absolute Gasteiger partial charge is 0.306 e. The van der Waals surface area contributed by atoms with Gasteiger partial charge in [0.1, 0.15) is 29.5 Å². The fourth-order valence-corrected chi connectivity index (χ4v) is 8.86. The van der Waals surface area contributed by atoms with E-state index in [0.717, 1.165) is 11.1 Å². The number of Topliss-reactive ketones (excluding diaryl/α,β-unsaturated/α-hetero) is 2. The third-order valence-corrected chi connectivity index (χ3v) is 10.4. The summed E-state index contributed by atoms with van der Waals surface area (Å²) in [5, 5.41) is 0. The summed E-state index contributed by atoms with van der Waals surface area (Å²) in [5.74, 6) is -4.78. The quantitative estimate of drug-likeness (QED) is 0.312. The van der Waals surface area contributed by atoms with E-state index in [-0.39, 0.29) is 37.2 Å². The first-order valence-electron chi connectivity index (χ1n) is 14.6. The van der Waals surface area contributed by atoms with Crippen LogP contribution in [0.25, 0.3) is 6.08 Å². The van der Waals surface area contributed by atoms with Gasteiger partial charge in [0.25, 0.3) is 0 Å². The van der Waals surface area contributed by atoms with E-state index in [1.165, 1.54) is 6.08 Å². The van der Waals surface area contributed by atoms with E-state index >= 15 is 0 Å². The highest BCUT2D eigenvalue weighted by Crippen LogP contribution is 2.69. The minimum absolute atomic E-state index is 0.0232. The number of allylic oxidation sites excluding steroid dienone is 2. The number of ketones is 3. The third-order valence-electron chi connectivity index (χ3n) is 10.4. The molecular weight excluding hydrogens is 536 g/mol. The van der Waals surface area contributed by atoms with Crippen LogP contribution in [-0.4, -0.2) is 41.5 Å². The molecular formula is C34H28O8. The average molecular weight is 565 g/mol. The number of hydrogen-bond donors (Lipinski definition) is 0. The molecule has 0 aromatic heterocycles. The molecule has 9 atom stereocenters. The molecule has 3 aliphatic heterocycles. The van der Waals surface area contributed by atoms with E-state index in [0.29, 0.717) is 11.3 Å². The van der Waals surface area contributed by atoms with Gasteiger partial charge in [-0.2, -0.15) is 0 Å². The van der Waals surface area contributed by atoms with Crippen molar-refractivity contribution in [2.24, 2.45) is 35.0 Å². The monoisotopic (exact) mass is 564 g/mol. The highest BCUT2D eigenvalue weighted by molar-refractivity contribution is 6.17. The predicted octanol–water partition coefficient (Wildman–Crippen LogP) is 3.95. The van der Waals surface area contributed by atoms with Crippen LogP contribution in [0, 0.1) is 35.0 Å². The lowest BCUT2D eigenvalue weighted by Gasteiger charge is -2.46. The Morgan fingerprint density at radius 3 is 2.29 bits per heavy atom. The van der Waals surface area contributed by atoms with Gasteiger partial charge in [0, 0.05) is 35.2 Å². The van der Waals surface area contributed by atoms with Crippen molar-refractivity contribution < 1.29 is 38.2 Å². The van der Waals surface area contributed by atoms with Crippen LogP contribution in [-0.2, 0) is 38.2 Å². The van der Waals surface area contributed by atoms with Crippen molar-refractivity contribution in [1.82, 2.24) is 0 Å². The Hall–Kier alpha value is -4.33. The van der Waals surface area contributed by atoms with Gasteiger partial charge in [0.15, 0.2) is 17.3 Å². The van der Waals surface area contributed by atoms with Crippen LogP contribution in [0.15, 0.2) is 78.1 Å². The topological polar surface area (TPSA) is 113 Å². The largest absolute Gasteiger partial charge is 0.489 e. The summed E-state index contributed by atoms with van der Waals surface area (Å²) in [6, 6.07) is 18.7. The predicted molar refractivity (Wildman–Crippen MR) is 146 cm³/mol. The van der Waals surface area contributed by atoms with Gasteiger partial charge in [-0.05, 0) is 23.6 Å². The van der Waals surface area contributed by atoms with Gasteiger partial charge < -0.3 is 14.2 Å². The van der Waals surface area contributed by atoms with Crippen LogP contribution >= 0.6 is 0 Å². The summed E-state index contributed by atoms with van der Waals surface area (Å²) in [4.78, 5) is 68.5. The number of benzene rings is 2. The fraction of sp³-hybridized carbons (Fsp3) is 0.382. The van der Waals surface area contributed by atoms with Crippen molar-refractivity contribution >= 4 is 35.4 Å². The SMILES string of the molecule is O=C1C[C@@H]2C3=C(O[C@H](c4ccccc4)CC3=O)[C@@H]3[C@H]([C@@H]2O1)[C@H]1C[C@@H]2OC(=O)C[C@@H]2[C@]3(C(=O)/C=C/c2ccccc2)C1=O. The minimum atomic E-state index is -1.69. The van der Waals surface area contributed by atoms with Crippen molar-refractivity contribution in [3.8, 4) is 0 Å². The number of carbonyl (C=O) groups excluding carboxylic acids is 5. The minimum Gasteiger partial charge on any atom is -0.489 e. The number of hydrogen-bond acceptors (Lipinski definition) is 8. The number of fused-ring (bicyclic) bond motifs is 11. The molecule has 0 spiro atoms. The molecule has 0 N–H and O–H groups in total. The summed E-state index contributed by atoms with van der Waals surface area (Å²) >= 11 is 0. The standard InChI is InChI=1S/C34H28O8/c35-22-16-23(18-9-5-2-6-10-18)41-32-28(22)19-14-26(37)42-31(19)29-20-13-24-21(15-27(38)40-24)34(30(29)32,33(20)39)25(36)12-11-17-7-3-1-4-8-17/h1-12,19-21,23-24,29-31H,13-16H2/b12-11+/t19-,20-,21+,23+,24+,29-,30+,31-,34-/m1/s1. The molecule has 2 aromatic rings. The van der Waals surface area contributed by atoms with Crippen molar-refractivity contribution in [3.63, 3.8) is 0 Å². The molecule has 3 heterocycles. The van der Waals surface area contributed by atoms with Gasteiger partial charge in [-0.3, -0.25) is 24.0 Å². The lowest BCUT2D eigenvalue weighted by molar-refractivity contribution is -0.154. The third kappa shape index (κ3) is 3.38. The van der Waals surface area contributed by atoms with E-state index in [4.69, 9.17) is 14.2 Å². The zero-order valence-electron chi connectivity index (χ0n) is 22.6. The van der Waals surface area contributed by atoms with Crippen LogP contribution in [0.1, 0.15) is 42.9 Å². The van der Waals surface area contributed by atoms with Crippen LogP contribution in [0.3, 0.4) is 0 Å². The number of esters is 2. The zero-order chi connectivity index (χ0) is 28.7. The first-order chi connectivity index (χ1) is 20.4. The zero-order valence-corrected chi connectivity index (χ0v) is 22.6. The van der Waals surface area contributed by atoms with Crippen LogP contribution in [0.5, 0.6) is 0 Å². The Balaban J connectivity index is 1.33. The van der Waals surface area contributed by atoms with E-state index in [2.05, 4.69) is 0 Å². The summed E-state index contributed by atoms with van der Waals surface area (Å²) in [6.45, 7) is 0. The van der Waals surface area contributed by atoms with Crippen LogP contribution in [0.4, 0.5) is 0 Å². The number of rotatable bonds is 4. The number of carbonyl (C=O) groups is 5. The molecule has 2 saturated heterocycles. The molecule has 0 radical (unpaired) electrons. The number of ether oxygens (including phenoxy) is 3. The maximum Gasteiger partial charge on any atom is 0.306 e. The van der Waals surface area contributed by atoms with E-state index in [1.54, 1.807) is 6.08 Å². The first kappa shape index (κ1) is 25.4. The maximum absolute atomic E-state index is 14.6. The molecule has 0 amide bonds. The molecule has 2 bridgehead atoms.